The lowest BCUT2D eigenvalue weighted by molar-refractivity contribution is -0.143. The zero-order valence-corrected chi connectivity index (χ0v) is 10.8. The number of rotatable bonds is 10. The molecule has 17 heavy (non-hydrogen) atoms. The molecular formula is C12H24N2O3. The van der Waals surface area contributed by atoms with Gasteiger partial charge in [-0.2, -0.15) is 0 Å². The third kappa shape index (κ3) is 8.68. The molecule has 5 heteroatoms. The van der Waals surface area contributed by atoms with E-state index >= 15 is 0 Å². The van der Waals surface area contributed by atoms with E-state index in [0.29, 0.717) is 32.4 Å². The fourth-order valence-electron chi connectivity index (χ4n) is 1.36. The number of carbonyl (C=O) groups excluding carboxylic acids is 2. The second-order valence-electron chi connectivity index (χ2n) is 3.99. The molecule has 0 bridgehead atoms. The molecule has 0 spiro atoms. The third-order valence-corrected chi connectivity index (χ3v) is 2.46. The van der Waals surface area contributed by atoms with Crippen molar-refractivity contribution < 1.29 is 14.3 Å². The van der Waals surface area contributed by atoms with Crippen LogP contribution in [0.25, 0.3) is 0 Å². The van der Waals surface area contributed by atoms with E-state index in [1.54, 1.807) is 0 Å². The zero-order chi connectivity index (χ0) is 13.1. The molecule has 3 N–H and O–H groups in total. The number of hydrogen-bond donors (Lipinski definition) is 2. The summed E-state index contributed by atoms with van der Waals surface area (Å²) in [6.45, 7) is 5.04. The first-order valence-electron chi connectivity index (χ1n) is 6.30. The van der Waals surface area contributed by atoms with Gasteiger partial charge in [0.25, 0.3) is 0 Å². The number of unbranched alkanes of at least 4 members (excludes halogenated alkanes) is 1. The maximum Gasteiger partial charge on any atom is 0.305 e. The molecule has 0 rings (SSSR count). The van der Waals surface area contributed by atoms with E-state index in [1.165, 1.54) is 0 Å². The van der Waals surface area contributed by atoms with E-state index in [0.717, 1.165) is 12.8 Å². The second-order valence-corrected chi connectivity index (χ2v) is 3.99. The summed E-state index contributed by atoms with van der Waals surface area (Å²) in [6, 6.07) is -0.300. The molecule has 0 aromatic carbocycles. The SMILES string of the molecule is CCCCOC(=O)CCCNC(CC)C(N)=O. The van der Waals surface area contributed by atoms with Gasteiger partial charge in [-0.15, -0.1) is 0 Å². The number of nitrogens with two attached hydrogens (primary N) is 1. The molecule has 0 aromatic rings. The van der Waals surface area contributed by atoms with Gasteiger partial charge in [0.05, 0.1) is 12.6 Å². The van der Waals surface area contributed by atoms with Crippen LogP contribution in [0.1, 0.15) is 46.0 Å². The fraction of sp³-hybridized carbons (Fsp3) is 0.833. The van der Waals surface area contributed by atoms with Crippen molar-refractivity contribution in [3.05, 3.63) is 0 Å². The van der Waals surface area contributed by atoms with E-state index < -0.39 is 0 Å². The molecule has 0 saturated heterocycles. The molecule has 0 saturated carbocycles. The molecule has 0 radical (unpaired) electrons. The summed E-state index contributed by atoms with van der Waals surface area (Å²) in [7, 11) is 0. The highest BCUT2D eigenvalue weighted by Gasteiger charge is 2.11. The number of ether oxygens (including phenoxy) is 1. The van der Waals surface area contributed by atoms with Crippen molar-refractivity contribution >= 4 is 11.9 Å². The number of primary amides is 1. The second kappa shape index (κ2) is 10.1. The van der Waals surface area contributed by atoms with Gasteiger partial charge in [0.15, 0.2) is 0 Å². The minimum atomic E-state index is -0.349. The number of amides is 1. The molecule has 0 aliphatic heterocycles. The summed E-state index contributed by atoms with van der Waals surface area (Å²) in [5, 5.41) is 3.01. The molecule has 0 heterocycles. The first-order valence-corrected chi connectivity index (χ1v) is 6.30. The lowest BCUT2D eigenvalue weighted by atomic mass is 10.2. The maximum atomic E-state index is 11.2. The Morgan fingerprint density at radius 1 is 1.29 bits per heavy atom. The normalized spacial score (nSPS) is 12.1. The van der Waals surface area contributed by atoms with E-state index in [4.69, 9.17) is 10.5 Å². The van der Waals surface area contributed by atoms with Gasteiger partial charge in [0.1, 0.15) is 0 Å². The van der Waals surface area contributed by atoms with Crippen molar-refractivity contribution in [1.29, 1.82) is 0 Å². The highest BCUT2D eigenvalue weighted by Crippen LogP contribution is 1.96. The quantitative estimate of drug-likeness (QED) is 0.443. The van der Waals surface area contributed by atoms with E-state index in [-0.39, 0.29) is 17.9 Å². The summed E-state index contributed by atoms with van der Waals surface area (Å²) in [5.41, 5.74) is 5.18. The first kappa shape index (κ1) is 15.9. The molecule has 100 valence electrons. The summed E-state index contributed by atoms with van der Waals surface area (Å²) < 4.78 is 5.00. The Hall–Kier alpha value is -1.10. The van der Waals surface area contributed by atoms with Crippen LogP contribution >= 0.6 is 0 Å². The molecule has 0 fully saturated rings. The number of hydrogen-bond acceptors (Lipinski definition) is 4. The van der Waals surface area contributed by atoms with Gasteiger partial charge in [-0.1, -0.05) is 20.3 Å². The highest BCUT2D eigenvalue weighted by atomic mass is 16.5. The smallest absolute Gasteiger partial charge is 0.305 e. The van der Waals surface area contributed by atoms with Crippen LogP contribution in [0.15, 0.2) is 0 Å². The fourth-order valence-corrected chi connectivity index (χ4v) is 1.36. The predicted molar refractivity (Wildman–Crippen MR) is 66.4 cm³/mol. The van der Waals surface area contributed by atoms with Crippen molar-refractivity contribution in [3.8, 4) is 0 Å². The topological polar surface area (TPSA) is 81.4 Å². The number of carbonyl (C=O) groups is 2. The van der Waals surface area contributed by atoms with Crippen LogP contribution in [0.2, 0.25) is 0 Å². The molecule has 0 aliphatic rings. The Balaban J connectivity index is 3.49. The Labute approximate surface area is 103 Å². The van der Waals surface area contributed by atoms with Crippen LogP contribution in [0.4, 0.5) is 0 Å². The van der Waals surface area contributed by atoms with Gasteiger partial charge in [-0.3, -0.25) is 9.59 Å². The minimum absolute atomic E-state index is 0.174. The van der Waals surface area contributed by atoms with Gasteiger partial charge < -0.3 is 15.8 Å². The van der Waals surface area contributed by atoms with Crippen LogP contribution in [0.5, 0.6) is 0 Å². The van der Waals surface area contributed by atoms with Crippen molar-refractivity contribution in [2.24, 2.45) is 5.73 Å². The first-order chi connectivity index (χ1) is 8.11. The molecule has 1 atom stereocenters. The standard InChI is InChI=1S/C12H24N2O3/c1-3-5-9-17-11(15)7-6-8-14-10(4-2)12(13)16/h10,14H,3-9H2,1-2H3,(H2,13,16). The molecule has 0 aromatic heterocycles. The van der Waals surface area contributed by atoms with Gasteiger partial charge in [0, 0.05) is 6.42 Å². The van der Waals surface area contributed by atoms with Gasteiger partial charge in [-0.05, 0) is 25.8 Å². The molecule has 0 aliphatic carbocycles. The van der Waals surface area contributed by atoms with Gasteiger partial charge in [0.2, 0.25) is 5.91 Å². The molecular weight excluding hydrogens is 220 g/mol. The van der Waals surface area contributed by atoms with E-state index in [9.17, 15) is 9.59 Å². The van der Waals surface area contributed by atoms with Crippen LogP contribution in [-0.2, 0) is 14.3 Å². The van der Waals surface area contributed by atoms with E-state index in [1.807, 2.05) is 13.8 Å². The highest BCUT2D eigenvalue weighted by molar-refractivity contribution is 5.79. The summed E-state index contributed by atoms with van der Waals surface area (Å²) in [4.78, 5) is 22.1. The van der Waals surface area contributed by atoms with Crippen molar-refractivity contribution in [3.63, 3.8) is 0 Å². The van der Waals surface area contributed by atoms with Crippen molar-refractivity contribution in [2.45, 2.75) is 52.0 Å². The predicted octanol–water partition coefficient (Wildman–Crippen LogP) is 0.963. The Morgan fingerprint density at radius 3 is 2.53 bits per heavy atom. The molecule has 1 amide bonds. The molecule has 5 nitrogen and oxygen atoms in total. The molecule has 1 unspecified atom stereocenters. The third-order valence-electron chi connectivity index (χ3n) is 2.46. The zero-order valence-electron chi connectivity index (χ0n) is 10.8. The summed E-state index contributed by atoms with van der Waals surface area (Å²) >= 11 is 0. The Kier molecular flexibility index (Phi) is 9.43. The summed E-state index contributed by atoms with van der Waals surface area (Å²) in [6.07, 6.45) is 3.63. The van der Waals surface area contributed by atoms with Crippen LogP contribution in [0.3, 0.4) is 0 Å². The average Bonchev–Trinajstić information content (AvgIpc) is 2.29. The number of esters is 1. The van der Waals surface area contributed by atoms with Crippen molar-refractivity contribution in [1.82, 2.24) is 5.32 Å². The monoisotopic (exact) mass is 244 g/mol. The van der Waals surface area contributed by atoms with Crippen LogP contribution in [0, 0.1) is 0 Å². The van der Waals surface area contributed by atoms with Gasteiger partial charge in [-0.25, -0.2) is 0 Å². The minimum Gasteiger partial charge on any atom is -0.466 e. The van der Waals surface area contributed by atoms with E-state index in [2.05, 4.69) is 5.32 Å². The Morgan fingerprint density at radius 2 is 2.00 bits per heavy atom. The van der Waals surface area contributed by atoms with Gasteiger partial charge >= 0.3 is 5.97 Å². The largest absolute Gasteiger partial charge is 0.466 e. The van der Waals surface area contributed by atoms with Crippen LogP contribution < -0.4 is 11.1 Å². The maximum absolute atomic E-state index is 11.2. The Bertz CT molecular complexity index is 232. The lowest BCUT2D eigenvalue weighted by Gasteiger charge is -2.12. The lowest BCUT2D eigenvalue weighted by Crippen LogP contribution is -2.41. The average molecular weight is 244 g/mol. The summed E-state index contributed by atoms with van der Waals surface area (Å²) in [5.74, 6) is -0.523. The van der Waals surface area contributed by atoms with Crippen molar-refractivity contribution in [2.75, 3.05) is 13.2 Å². The van der Waals surface area contributed by atoms with Crippen LogP contribution in [-0.4, -0.2) is 31.1 Å². The number of nitrogens with one attached hydrogen (secondary N) is 1.